The third-order valence-electron chi connectivity index (χ3n) is 4.77. The van der Waals surface area contributed by atoms with Crippen LogP contribution in [0, 0.1) is 0 Å². The fourth-order valence-electron chi connectivity index (χ4n) is 3.20. The Bertz CT molecular complexity index is 691. The Labute approximate surface area is 143 Å². The highest BCUT2D eigenvalue weighted by Crippen LogP contribution is 2.25. The molecule has 0 saturated carbocycles. The number of rotatable bonds is 5. The minimum Gasteiger partial charge on any atom is -0.366 e. The highest BCUT2D eigenvalue weighted by Gasteiger charge is 2.15. The highest BCUT2D eigenvalue weighted by atomic mass is 16.1. The second-order valence-electron chi connectivity index (χ2n) is 6.50. The molecule has 2 N–H and O–H groups in total. The van der Waals surface area contributed by atoms with Crippen molar-refractivity contribution in [3.05, 3.63) is 59.7 Å². The van der Waals surface area contributed by atoms with Gasteiger partial charge in [0.2, 0.25) is 5.91 Å². The lowest BCUT2D eigenvalue weighted by molar-refractivity contribution is 0.1000. The monoisotopic (exact) mass is 323 g/mol. The molecule has 3 rings (SSSR count). The van der Waals surface area contributed by atoms with E-state index in [2.05, 4.69) is 29.0 Å². The van der Waals surface area contributed by atoms with Gasteiger partial charge in [0, 0.05) is 38.3 Å². The van der Waals surface area contributed by atoms with Crippen molar-refractivity contribution in [2.75, 3.05) is 39.8 Å². The normalized spacial score (nSPS) is 16.2. The number of nitrogens with two attached hydrogens (primary N) is 1. The molecule has 0 bridgehead atoms. The van der Waals surface area contributed by atoms with Crippen LogP contribution in [0.5, 0.6) is 0 Å². The van der Waals surface area contributed by atoms with Crippen LogP contribution in [0.15, 0.2) is 48.5 Å². The molecule has 126 valence electrons. The Hall–Kier alpha value is -2.17. The van der Waals surface area contributed by atoms with E-state index in [0.717, 1.165) is 39.1 Å². The number of amides is 1. The summed E-state index contributed by atoms with van der Waals surface area (Å²) >= 11 is 0. The van der Waals surface area contributed by atoms with Crippen molar-refractivity contribution in [3.8, 4) is 11.1 Å². The van der Waals surface area contributed by atoms with Crippen molar-refractivity contribution in [1.82, 2.24) is 9.80 Å². The van der Waals surface area contributed by atoms with Crippen LogP contribution < -0.4 is 5.73 Å². The van der Waals surface area contributed by atoms with E-state index >= 15 is 0 Å². The lowest BCUT2D eigenvalue weighted by Crippen LogP contribution is -2.45. The third kappa shape index (κ3) is 4.02. The van der Waals surface area contributed by atoms with Gasteiger partial charge in [-0.2, -0.15) is 0 Å². The number of likely N-dealkylation sites (N-methyl/N-ethyl adjacent to an activating group) is 1. The predicted octanol–water partition coefficient (Wildman–Crippen LogP) is 2.24. The molecule has 1 heterocycles. The van der Waals surface area contributed by atoms with Gasteiger partial charge in [-0.3, -0.25) is 4.79 Å². The molecule has 0 unspecified atom stereocenters. The van der Waals surface area contributed by atoms with Gasteiger partial charge in [0.05, 0.1) is 0 Å². The molecule has 1 aliphatic heterocycles. The summed E-state index contributed by atoms with van der Waals surface area (Å²) in [6.07, 6.45) is 0.926. The van der Waals surface area contributed by atoms with Gasteiger partial charge in [-0.05, 0) is 42.3 Å². The van der Waals surface area contributed by atoms with Gasteiger partial charge in [0.25, 0.3) is 0 Å². The van der Waals surface area contributed by atoms with E-state index in [1.807, 2.05) is 36.4 Å². The molecule has 2 aromatic carbocycles. The summed E-state index contributed by atoms with van der Waals surface area (Å²) in [4.78, 5) is 16.4. The molecule has 1 fully saturated rings. The van der Waals surface area contributed by atoms with Crippen LogP contribution in [0.1, 0.15) is 15.9 Å². The highest BCUT2D eigenvalue weighted by molar-refractivity contribution is 5.93. The van der Waals surface area contributed by atoms with E-state index < -0.39 is 0 Å². The molecule has 0 aliphatic carbocycles. The van der Waals surface area contributed by atoms with Gasteiger partial charge < -0.3 is 15.5 Å². The summed E-state index contributed by atoms with van der Waals surface area (Å²) in [6, 6.07) is 16.1. The number of carbonyl (C=O) groups excluding carboxylic acids is 1. The first kappa shape index (κ1) is 16.7. The molecule has 1 amide bonds. The number of piperazine rings is 1. The van der Waals surface area contributed by atoms with Gasteiger partial charge in [0.15, 0.2) is 0 Å². The minimum atomic E-state index is -0.365. The fraction of sp³-hybridized carbons (Fsp3) is 0.350. The first-order valence-corrected chi connectivity index (χ1v) is 8.52. The van der Waals surface area contributed by atoms with E-state index in [0.29, 0.717) is 5.56 Å². The topological polar surface area (TPSA) is 49.6 Å². The molecule has 1 saturated heterocycles. The summed E-state index contributed by atoms with van der Waals surface area (Å²) in [5.74, 6) is -0.365. The van der Waals surface area contributed by atoms with Gasteiger partial charge >= 0.3 is 0 Å². The van der Waals surface area contributed by atoms with Gasteiger partial charge in [-0.25, -0.2) is 0 Å². The van der Waals surface area contributed by atoms with Crippen LogP contribution in [0.25, 0.3) is 11.1 Å². The molecule has 4 heteroatoms. The van der Waals surface area contributed by atoms with Crippen LogP contribution in [0.2, 0.25) is 0 Å². The molecule has 24 heavy (non-hydrogen) atoms. The largest absolute Gasteiger partial charge is 0.366 e. The van der Waals surface area contributed by atoms with E-state index in [9.17, 15) is 4.79 Å². The average molecular weight is 323 g/mol. The van der Waals surface area contributed by atoms with Crippen molar-refractivity contribution in [2.24, 2.45) is 5.73 Å². The Morgan fingerprint density at radius 2 is 1.75 bits per heavy atom. The Morgan fingerprint density at radius 1 is 1.04 bits per heavy atom. The first-order valence-electron chi connectivity index (χ1n) is 8.52. The number of primary amides is 1. The number of hydrogen-bond donors (Lipinski definition) is 1. The lowest BCUT2D eigenvalue weighted by atomic mass is 9.95. The molecule has 0 radical (unpaired) electrons. The van der Waals surface area contributed by atoms with Crippen LogP contribution in [0.4, 0.5) is 0 Å². The van der Waals surface area contributed by atoms with Gasteiger partial charge in [-0.15, -0.1) is 0 Å². The van der Waals surface area contributed by atoms with Crippen molar-refractivity contribution in [2.45, 2.75) is 6.42 Å². The van der Waals surface area contributed by atoms with E-state index in [4.69, 9.17) is 5.73 Å². The summed E-state index contributed by atoms with van der Waals surface area (Å²) in [6.45, 7) is 5.45. The smallest absolute Gasteiger partial charge is 0.248 e. The number of nitrogens with zero attached hydrogens (tertiary/aromatic N) is 2. The summed E-state index contributed by atoms with van der Waals surface area (Å²) in [5, 5.41) is 0. The molecule has 4 nitrogen and oxygen atoms in total. The predicted molar refractivity (Wildman–Crippen MR) is 98.0 cm³/mol. The Kier molecular flexibility index (Phi) is 5.28. The van der Waals surface area contributed by atoms with Gasteiger partial charge in [0.1, 0.15) is 0 Å². The van der Waals surface area contributed by atoms with Crippen molar-refractivity contribution in [3.63, 3.8) is 0 Å². The average Bonchev–Trinajstić information content (AvgIpc) is 2.61. The maximum Gasteiger partial charge on any atom is 0.248 e. The molecule has 0 aromatic heterocycles. The minimum absolute atomic E-state index is 0.365. The Balaban J connectivity index is 1.81. The zero-order chi connectivity index (χ0) is 16.9. The molecular weight excluding hydrogens is 298 g/mol. The fourth-order valence-corrected chi connectivity index (χ4v) is 3.20. The molecular formula is C20H25N3O. The summed E-state index contributed by atoms with van der Waals surface area (Å²) in [5.41, 5.74) is 9.62. The SMILES string of the molecule is CN1CCN(CCc2cc(C(N)=O)ccc2-c2ccccc2)CC1. The van der Waals surface area contributed by atoms with Gasteiger partial charge in [-0.1, -0.05) is 36.4 Å². The maximum absolute atomic E-state index is 11.5. The number of hydrogen-bond acceptors (Lipinski definition) is 3. The van der Waals surface area contributed by atoms with E-state index in [1.165, 1.54) is 16.7 Å². The molecule has 0 spiro atoms. The summed E-state index contributed by atoms with van der Waals surface area (Å²) < 4.78 is 0. The van der Waals surface area contributed by atoms with Crippen molar-refractivity contribution >= 4 is 5.91 Å². The maximum atomic E-state index is 11.5. The lowest BCUT2D eigenvalue weighted by Gasteiger charge is -2.32. The van der Waals surface area contributed by atoms with Crippen molar-refractivity contribution < 1.29 is 4.79 Å². The quantitative estimate of drug-likeness (QED) is 0.918. The second-order valence-corrected chi connectivity index (χ2v) is 6.50. The first-order chi connectivity index (χ1) is 11.6. The third-order valence-corrected chi connectivity index (χ3v) is 4.77. The molecule has 2 aromatic rings. The zero-order valence-electron chi connectivity index (χ0n) is 14.2. The van der Waals surface area contributed by atoms with E-state index in [-0.39, 0.29) is 5.91 Å². The number of carbonyl (C=O) groups is 1. The number of benzene rings is 2. The second kappa shape index (κ2) is 7.60. The van der Waals surface area contributed by atoms with Crippen LogP contribution in [-0.4, -0.2) is 55.5 Å². The Morgan fingerprint density at radius 3 is 2.42 bits per heavy atom. The summed E-state index contributed by atoms with van der Waals surface area (Å²) in [7, 11) is 2.17. The van der Waals surface area contributed by atoms with E-state index in [1.54, 1.807) is 0 Å². The molecule has 1 aliphatic rings. The van der Waals surface area contributed by atoms with Crippen molar-refractivity contribution in [1.29, 1.82) is 0 Å². The molecule has 0 atom stereocenters. The van der Waals surface area contributed by atoms with Crippen LogP contribution in [0.3, 0.4) is 0 Å². The van der Waals surface area contributed by atoms with Crippen LogP contribution >= 0.6 is 0 Å². The van der Waals surface area contributed by atoms with Crippen LogP contribution in [-0.2, 0) is 6.42 Å². The zero-order valence-corrected chi connectivity index (χ0v) is 14.2. The standard InChI is InChI=1S/C20H25N3O/c1-22-11-13-23(14-12-22)10-9-17-15-18(20(21)24)7-8-19(17)16-5-3-2-4-6-16/h2-8,15H,9-14H2,1H3,(H2,21,24).